The van der Waals surface area contributed by atoms with E-state index in [0.29, 0.717) is 10.6 Å². The van der Waals surface area contributed by atoms with Crippen molar-refractivity contribution in [3.8, 4) is 0 Å². The fourth-order valence-electron chi connectivity index (χ4n) is 1.35. The van der Waals surface area contributed by atoms with Crippen LogP contribution in [0.4, 0.5) is 23.2 Å². The topological polar surface area (TPSA) is 37.3 Å². The van der Waals surface area contributed by atoms with Gasteiger partial charge in [0.05, 0.1) is 16.3 Å². The maximum atomic E-state index is 13.3. The Hall–Kier alpha value is -1.86. The van der Waals surface area contributed by atoms with E-state index < -0.39 is 29.2 Å². The summed E-state index contributed by atoms with van der Waals surface area (Å²) in [7, 11) is 0. The number of nitrogens with one attached hydrogen (secondary N) is 1. The second kappa shape index (κ2) is 6.28. The molecule has 0 fully saturated rings. The van der Waals surface area contributed by atoms with E-state index in [2.05, 4.69) is 10.1 Å². The van der Waals surface area contributed by atoms with E-state index in [9.17, 15) is 17.6 Å². The number of hydrogen-bond acceptors (Lipinski definition) is 3. The molecular weight excluding hydrogens is 333 g/mol. The van der Waals surface area contributed by atoms with E-state index in [1.54, 1.807) is 0 Å². The van der Waals surface area contributed by atoms with E-state index >= 15 is 0 Å². The summed E-state index contributed by atoms with van der Waals surface area (Å²) >= 11 is 11.5. The first kappa shape index (κ1) is 15.5. The van der Waals surface area contributed by atoms with Gasteiger partial charge >= 0.3 is 0 Å². The zero-order chi connectivity index (χ0) is 15.6. The maximum absolute atomic E-state index is 13.3. The summed E-state index contributed by atoms with van der Waals surface area (Å²) in [6.07, 6.45) is 1.14. The largest absolute Gasteiger partial charge is 0.272 e. The molecule has 2 aromatic rings. The van der Waals surface area contributed by atoms with Crippen LogP contribution in [0.25, 0.3) is 0 Å². The van der Waals surface area contributed by atoms with Gasteiger partial charge in [-0.3, -0.25) is 5.43 Å². The Balaban J connectivity index is 2.23. The Labute approximate surface area is 126 Å². The smallest absolute Gasteiger partial charge is 0.254 e. The van der Waals surface area contributed by atoms with E-state index in [1.807, 2.05) is 5.43 Å². The first-order chi connectivity index (χ1) is 9.90. The fraction of sp³-hybridized carbons (Fsp3) is 0. The van der Waals surface area contributed by atoms with Crippen LogP contribution in [0.3, 0.4) is 0 Å². The molecule has 1 N–H and O–H groups in total. The van der Waals surface area contributed by atoms with Crippen LogP contribution in [0.15, 0.2) is 23.3 Å². The first-order valence-corrected chi connectivity index (χ1v) is 6.10. The lowest BCUT2D eigenvalue weighted by atomic mass is 10.2. The number of nitrogens with zero attached hydrogens (tertiary/aromatic N) is 2. The molecule has 0 radical (unpaired) electrons. The van der Waals surface area contributed by atoms with Crippen LogP contribution in [0.2, 0.25) is 10.0 Å². The molecule has 9 heteroatoms. The van der Waals surface area contributed by atoms with Crippen molar-refractivity contribution < 1.29 is 17.6 Å². The van der Waals surface area contributed by atoms with Crippen LogP contribution in [-0.4, -0.2) is 11.2 Å². The second-order valence-electron chi connectivity index (χ2n) is 3.74. The minimum Gasteiger partial charge on any atom is -0.272 e. The van der Waals surface area contributed by atoms with Crippen molar-refractivity contribution in [3.05, 3.63) is 57.3 Å². The summed E-state index contributed by atoms with van der Waals surface area (Å²) in [6.45, 7) is 0. The van der Waals surface area contributed by atoms with Gasteiger partial charge in [-0.25, -0.2) is 0 Å². The number of anilines is 1. The third kappa shape index (κ3) is 3.43. The monoisotopic (exact) mass is 337 g/mol. The number of rotatable bonds is 3. The average Bonchev–Trinajstić information content (AvgIpc) is 2.44. The normalized spacial score (nSPS) is 11.1. The van der Waals surface area contributed by atoms with E-state index in [4.69, 9.17) is 23.2 Å². The Bertz CT molecular complexity index is 696. The van der Waals surface area contributed by atoms with Gasteiger partial charge in [0.2, 0.25) is 11.6 Å². The summed E-state index contributed by atoms with van der Waals surface area (Å²) in [5, 5.41) is 4.03. The van der Waals surface area contributed by atoms with Gasteiger partial charge in [-0.15, -0.1) is 0 Å². The molecule has 1 heterocycles. The summed E-state index contributed by atoms with van der Waals surface area (Å²) in [4.78, 5) is 2.41. The molecule has 1 aromatic heterocycles. The highest BCUT2D eigenvalue weighted by atomic mass is 35.5. The lowest BCUT2D eigenvalue weighted by molar-refractivity contribution is 0.411. The Morgan fingerprint density at radius 2 is 1.62 bits per heavy atom. The van der Waals surface area contributed by atoms with Crippen molar-refractivity contribution in [1.82, 2.24) is 4.98 Å². The lowest BCUT2D eigenvalue weighted by Crippen LogP contribution is -2.05. The molecule has 3 nitrogen and oxygen atoms in total. The van der Waals surface area contributed by atoms with Gasteiger partial charge in [0.1, 0.15) is 5.69 Å². The summed E-state index contributed by atoms with van der Waals surface area (Å²) in [6, 6.07) is 4.45. The zero-order valence-electron chi connectivity index (χ0n) is 9.97. The van der Waals surface area contributed by atoms with Crippen molar-refractivity contribution >= 4 is 35.1 Å². The van der Waals surface area contributed by atoms with Gasteiger partial charge in [-0.1, -0.05) is 29.3 Å². The van der Waals surface area contributed by atoms with Gasteiger partial charge in [-0.2, -0.15) is 27.6 Å². The van der Waals surface area contributed by atoms with E-state index in [0.717, 1.165) is 6.21 Å². The number of hydrogen-bond donors (Lipinski definition) is 1. The highest BCUT2D eigenvalue weighted by Crippen LogP contribution is 2.23. The Kier molecular flexibility index (Phi) is 4.64. The van der Waals surface area contributed by atoms with Crippen molar-refractivity contribution in [3.63, 3.8) is 0 Å². The molecule has 0 atom stereocenters. The second-order valence-corrected chi connectivity index (χ2v) is 4.55. The number of aromatic nitrogens is 1. The van der Waals surface area contributed by atoms with E-state index in [-0.39, 0.29) is 5.02 Å². The first-order valence-electron chi connectivity index (χ1n) is 5.34. The van der Waals surface area contributed by atoms with Gasteiger partial charge in [0.15, 0.2) is 0 Å². The number of benzene rings is 1. The maximum Gasteiger partial charge on any atom is 0.254 e. The predicted molar refractivity (Wildman–Crippen MR) is 71.7 cm³/mol. The molecule has 0 saturated carbocycles. The molecule has 2 rings (SSSR count). The molecule has 110 valence electrons. The van der Waals surface area contributed by atoms with Crippen LogP contribution in [-0.2, 0) is 0 Å². The number of pyridine rings is 1. The molecule has 1 aromatic carbocycles. The van der Waals surface area contributed by atoms with Crippen LogP contribution < -0.4 is 5.43 Å². The van der Waals surface area contributed by atoms with Crippen LogP contribution in [0.5, 0.6) is 0 Å². The van der Waals surface area contributed by atoms with Gasteiger partial charge in [-0.05, 0) is 17.7 Å². The molecular formula is C12H5Cl2F4N3. The Morgan fingerprint density at radius 3 is 2.19 bits per heavy atom. The molecule has 0 aliphatic carbocycles. The minimum atomic E-state index is -1.78. The summed E-state index contributed by atoms with van der Waals surface area (Å²) in [5.41, 5.74) is 1.23. The number of hydrazone groups is 1. The van der Waals surface area contributed by atoms with Crippen molar-refractivity contribution in [1.29, 1.82) is 0 Å². The fourth-order valence-corrected chi connectivity index (χ4v) is 1.66. The van der Waals surface area contributed by atoms with E-state index in [1.165, 1.54) is 18.2 Å². The van der Waals surface area contributed by atoms with Crippen LogP contribution in [0, 0.1) is 23.5 Å². The standard InChI is InChI=1S/C12H5Cl2F4N3/c13-6-2-1-5(3-7(6)14)4-19-21-10-8(15)11(17)20-12(18)9(10)16/h1-4H,(H,20,21)/b19-4+. The van der Waals surface area contributed by atoms with Gasteiger partial charge < -0.3 is 0 Å². The molecule has 0 unspecified atom stereocenters. The third-order valence-electron chi connectivity index (χ3n) is 2.33. The summed E-state index contributed by atoms with van der Waals surface area (Å²) < 4.78 is 52.2. The van der Waals surface area contributed by atoms with Crippen molar-refractivity contribution in [2.75, 3.05) is 5.43 Å². The Morgan fingerprint density at radius 1 is 1.00 bits per heavy atom. The third-order valence-corrected chi connectivity index (χ3v) is 3.07. The zero-order valence-corrected chi connectivity index (χ0v) is 11.5. The molecule has 0 amide bonds. The SMILES string of the molecule is Fc1nc(F)c(F)c(N/N=C/c2ccc(Cl)c(Cl)c2)c1F. The molecule has 21 heavy (non-hydrogen) atoms. The van der Waals surface area contributed by atoms with Crippen LogP contribution in [0.1, 0.15) is 5.56 Å². The van der Waals surface area contributed by atoms with Crippen molar-refractivity contribution in [2.24, 2.45) is 5.10 Å². The summed E-state index contributed by atoms with van der Waals surface area (Å²) in [5.74, 6) is -6.91. The van der Waals surface area contributed by atoms with Crippen molar-refractivity contribution in [2.45, 2.75) is 0 Å². The molecule has 0 aliphatic rings. The van der Waals surface area contributed by atoms with Crippen LogP contribution >= 0.6 is 23.2 Å². The van der Waals surface area contributed by atoms with Gasteiger partial charge in [0, 0.05) is 0 Å². The predicted octanol–water partition coefficient (Wildman–Crippen LogP) is 4.39. The molecule has 0 spiro atoms. The molecule has 0 aliphatic heterocycles. The quantitative estimate of drug-likeness (QED) is 0.390. The van der Waals surface area contributed by atoms with Gasteiger partial charge in [0.25, 0.3) is 11.9 Å². The average molecular weight is 338 g/mol. The lowest BCUT2D eigenvalue weighted by Gasteiger charge is -2.04. The number of halogens is 6. The highest BCUT2D eigenvalue weighted by Gasteiger charge is 2.20. The highest BCUT2D eigenvalue weighted by molar-refractivity contribution is 6.42. The minimum absolute atomic E-state index is 0.249. The molecule has 0 bridgehead atoms. The molecule has 0 saturated heterocycles.